The zero-order chi connectivity index (χ0) is 22.3. The van der Waals surface area contributed by atoms with Crippen LogP contribution < -0.4 is 9.64 Å². The fraction of sp³-hybridized carbons (Fsp3) is 0.360. The lowest BCUT2D eigenvalue weighted by Gasteiger charge is -2.28. The van der Waals surface area contributed by atoms with E-state index in [-0.39, 0.29) is 5.91 Å². The van der Waals surface area contributed by atoms with Crippen molar-refractivity contribution in [3.63, 3.8) is 0 Å². The van der Waals surface area contributed by atoms with E-state index in [1.807, 2.05) is 30.3 Å². The molecule has 0 radical (unpaired) electrons. The molecule has 0 aliphatic carbocycles. The summed E-state index contributed by atoms with van der Waals surface area (Å²) in [5, 5.41) is 0.661. The second kappa shape index (κ2) is 10.7. The average molecular weight is 452 g/mol. The van der Waals surface area contributed by atoms with Crippen LogP contribution in [0, 0.1) is 0 Å². The van der Waals surface area contributed by atoms with Gasteiger partial charge in [0.05, 0.1) is 30.9 Å². The summed E-state index contributed by atoms with van der Waals surface area (Å²) in [6, 6.07) is 16.0. The third kappa shape index (κ3) is 5.34. The largest absolute Gasteiger partial charge is 0.497 e. The van der Waals surface area contributed by atoms with Gasteiger partial charge in [0.1, 0.15) is 5.75 Å². The van der Waals surface area contributed by atoms with Gasteiger partial charge >= 0.3 is 0 Å². The molecule has 1 amide bonds. The lowest BCUT2D eigenvalue weighted by molar-refractivity contribution is -0.122. The third-order valence-corrected chi connectivity index (χ3v) is 6.62. The minimum absolute atomic E-state index is 0.0422. The number of hydrogen-bond acceptors (Lipinski definition) is 6. The van der Waals surface area contributed by atoms with Gasteiger partial charge in [-0.3, -0.25) is 9.69 Å². The molecule has 6 nitrogen and oxygen atoms in total. The number of anilines is 1. The van der Waals surface area contributed by atoms with Gasteiger partial charge in [0.15, 0.2) is 5.17 Å². The third-order valence-electron chi connectivity index (χ3n) is 5.62. The van der Waals surface area contributed by atoms with E-state index in [4.69, 9.17) is 14.5 Å². The Labute approximate surface area is 193 Å². The zero-order valence-corrected chi connectivity index (χ0v) is 19.4. The normalized spacial score (nSPS) is 19.2. The molecule has 0 N–H and O–H groups in total. The van der Waals surface area contributed by atoms with Crippen molar-refractivity contribution >= 4 is 40.3 Å². The summed E-state index contributed by atoms with van der Waals surface area (Å²) in [6.45, 7) is 3.15. The molecular weight excluding hydrogens is 422 g/mol. The highest BCUT2D eigenvalue weighted by atomic mass is 32.2. The van der Waals surface area contributed by atoms with Gasteiger partial charge < -0.3 is 14.4 Å². The molecule has 0 spiro atoms. The fourth-order valence-electron chi connectivity index (χ4n) is 3.82. The first-order valence-electron chi connectivity index (χ1n) is 11.0. The lowest BCUT2D eigenvalue weighted by atomic mass is 10.1. The van der Waals surface area contributed by atoms with Crippen molar-refractivity contribution in [2.45, 2.75) is 19.3 Å². The first-order chi connectivity index (χ1) is 15.7. The van der Waals surface area contributed by atoms with Crippen LogP contribution in [0.2, 0.25) is 0 Å². The minimum atomic E-state index is -0.0422. The maximum absolute atomic E-state index is 13.1. The number of carbonyl (C=O) groups is 1. The number of methoxy groups -OCH3 is 2. The van der Waals surface area contributed by atoms with Gasteiger partial charge in [0, 0.05) is 25.9 Å². The van der Waals surface area contributed by atoms with E-state index in [9.17, 15) is 4.79 Å². The second-order valence-electron chi connectivity index (χ2n) is 7.79. The van der Waals surface area contributed by atoms with Crippen molar-refractivity contribution in [3.8, 4) is 5.75 Å². The number of aliphatic imine (C=N–C) groups is 1. The highest BCUT2D eigenvalue weighted by Gasteiger charge is 2.33. The second-order valence-corrected chi connectivity index (χ2v) is 8.80. The molecule has 7 heteroatoms. The maximum Gasteiger partial charge on any atom is 0.266 e. The molecule has 2 fully saturated rings. The molecule has 2 heterocycles. The number of piperidine rings is 1. The number of thioether (sulfide) groups is 1. The van der Waals surface area contributed by atoms with Crippen LogP contribution in [0.1, 0.15) is 24.8 Å². The van der Waals surface area contributed by atoms with E-state index in [2.05, 4.69) is 29.2 Å². The van der Waals surface area contributed by atoms with Gasteiger partial charge in [-0.1, -0.05) is 12.1 Å². The minimum Gasteiger partial charge on any atom is -0.497 e. The van der Waals surface area contributed by atoms with E-state index in [0.29, 0.717) is 23.2 Å². The Morgan fingerprint density at radius 3 is 2.38 bits per heavy atom. The number of benzene rings is 2. The van der Waals surface area contributed by atoms with Crippen LogP contribution in [0.5, 0.6) is 5.75 Å². The van der Waals surface area contributed by atoms with Crippen molar-refractivity contribution in [1.82, 2.24) is 4.90 Å². The molecule has 0 saturated carbocycles. The van der Waals surface area contributed by atoms with Gasteiger partial charge in [-0.25, -0.2) is 4.99 Å². The Kier molecular flexibility index (Phi) is 7.50. The van der Waals surface area contributed by atoms with Crippen molar-refractivity contribution in [3.05, 3.63) is 59.0 Å². The van der Waals surface area contributed by atoms with Gasteiger partial charge in [-0.15, -0.1) is 0 Å². The first kappa shape index (κ1) is 22.4. The number of amidine groups is 1. The summed E-state index contributed by atoms with van der Waals surface area (Å²) >= 11 is 1.40. The molecule has 0 bridgehead atoms. The molecule has 2 aliphatic heterocycles. The van der Waals surface area contributed by atoms with E-state index in [1.165, 1.54) is 36.7 Å². The summed E-state index contributed by atoms with van der Waals surface area (Å²) in [5.41, 5.74) is 3.04. The molecule has 0 aromatic heterocycles. The van der Waals surface area contributed by atoms with E-state index >= 15 is 0 Å². The number of hydrogen-bond donors (Lipinski definition) is 0. The van der Waals surface area contributed by atoms with Crippen LogP contribution in [0.25, 0.3) is 6.08 Å². The van der Waals surface area contributed by atoms with Gasteiger partial charge in [-0.05, 0) is 79.1 Å². The molecule has 4 rings (SSSR count). The predicted molar refractivity (Wildman–Crippen MR) is 132 cm³/mol. The Hall–Kier alpha value is -2.77. The van der Waals surface area contributed by atoms with Crippen molar-refractivity contribution < 1.29 is 14.3 Å². The fourth-order valence-corrected chi connectivity index (χ4v) is 4.85. The molecule has 32 heavy (non-hydrogen) atoms. The summed E-state index contributed by atoms with van der Waals surface area (Å²) in [5.74, 6) is 0.730. The zero-order valence-electron chi connectivity index (χ0n) is 18.6. The molecule has 2 saturated heterocycles. The highest BCUT2D eigenvalue weighted by molar-refractivity contribution is 8.18. The van der Waals surface area contributed by atoms with Crippen LogP contribution in [0.4, 0.5) is 11.4 Å². The topological polar surface area (TPSA) is 54.4 Å². The molecule has 168 valence electrons. The lowest BCUT2D eigenvalue weighted by Crippen LogP contribution is -2.32. The summed E-state index contributed by atoms with van der Waals surface area (Å²) in [6.07, 6.45) is 5.78. The van der Waals surface area contributed by atoms with Gasteiger partial charge in [-0.2, -0.15) is 0 Å². The van der Waals surface area contributed by atoms with E-state index in [0.717, 1.165) is 30.1 Å². The van der Waals surface area contributed by atoms with Crippen LogP contribution in [-0.4, -0.2) is 56.4 Å². The SMILES string of the molecule is COCCN1C(=O)/C(=C/c2ccc(N3CCCCC3)cc2)SC1=Nc1ccc(OC)cc1. The van der Waals surface area contributed by atoms with Gasteiger partial charge in [0.2, 0.25) is 0 Å². The Morgan fingerprint density at radius 2 is 1.72 bits per heavy atom. The number of rotatable bonds is 7. The number of amides is 1. The first-order valence-corrected chi connectivity index (χ1v) is 11.8. The molecule has 0 atom stereocenters. The number of carbonyl (C=O) groups excluding carboxylic acids is 1. The summed E-state index contributed by atoms with van der Waals surface area (Å²) in [4.78, 5) is 22.6. The van der Waals surface area contributed by atoms with Crippen LogP contribution in [0.15, 0.2) is 58.4 Å². The molecule has 2 aliphatic rings. The predicted octanol–water partition coefficient (Wildman–Crippen LogP) is 4.94. The van der Waals surface area contributed by atoms with Crippen LogP contribution >= 0.6 is 11.8 Å². The van der Waals surface area contributed by atoms with Crippen molar-refractivity contribution in [2.75, 3.05) is 45.4 Å². The Bertz CT molecular complexity index is 980. The molecule has 2 aromatic carbocycles. The van der Waals surface area contributed by atoms with Gasteiger partial charge in [0.25, 0.3) is 5.91 Å². The quantitative estimate of drug-likeness (QED) is 0.559. The van der Waals surface area contributed by atoms with E-state index in [1.54, 1.807) is 19.1 Å². The average Bonchev–Trinajstić information content (AvgIpc) is 3.12. The smallest absolute Gasteiger partial charge is 0.266 e. The molecular formula is C25H29N3O3S. The van der Waals surface area contributed by atoms with Crippen molar-refractivity contribution in [2.24, 2.45) is 4.99 Å². The maximum atomic E-state index is 13.1. The standard InChI is InChI=1S/C25H29N3O3S/c1-30-17-16-28-24(29)23(32-25(28)26-20-8-12-22(31-2)13-9-20)18-19-6-10-21(11-7-19)27-14-4-3-5-15-27/h6-13,18H,3-5,14-17H2,1-2H3/b23-18-,26-25?. The number of ether oxygens (including phenoxy) is 2. The van der Waals surface area contributed by atoms with E-state index < -0.39 is 0 Å². The highest BCUT2D eigenvalue weighted by Crippen LogP contribution is 2.34. The van der Waals surface area contributed by atoms with Crippen molar-refractivity contribution in [1.29, 1.82) is 0 Å². The van der Waals surface area contributed by atoms with Crippen LogP contribution in [0.3, 0.4) is 0 Å². The summed E-state index contributed by atoms with van der Waals surface area (Å²) in [7, 11) is 3.27. The Morgan fingerprint density at radius 1 is 1.00 bits per heavy atom. The monoisotopic (exact) mass is 451 g/mol. The summed E-state index contributed by atoms with van der Waals surface area (Å²) < 4.78 is 10.4. The molecule has 0 unspecified atom stereocenters. The Balaban J connectivity index is 1.54. The number of nitrogens with zero attached hydrogens (tertiary/aromatic N) is 3. The molecule has 2 aromatic rings. The van der Waals surface area contributed by atoms with Crippen LogP contribution in [-0.2, 0) is 9.53 Å².